The topological polar surface area (TPSA) is 41.2 Å². The molecule has 0 saturated carbocycles. The summed E-state index contributed by atoms with van der Waals surface area (Å²) in [7, 11) is 1.74. The molecule has 0 aliphatic heterocycles. The van der Waals surface area contributed by atoms with Gasteiger partial charge in [0.15, 0.2) is 0 Å². The summed E-state index contributed by atoms with van der Waals surface area (Å²) < 4.78 is 7.56. The number of hydrogen-bond acceptors (Lipinski definition) is 3. The highest BCUT2D eigenvalue weighted by molar-refractivity contribution is 5.37. The second-order valence-electron chi connectivity index (χ2n) is 7.44. The van der Waals surface area contributed by atoms with E-state index >= 15 is 0 Å². The minimum absolute atomic E-state index is 0.737. The predicted octanol–water partition coefficient (Wildman–Crippen LogP) is 4.76. The predicted molar refractivity (Wildman–Crippen MR) is 116 cm³/mol. The Morgan fingerprint density at radius 2 is 1.79 bits per heavy atom. The Labute approximate surface area is 174 Å². The molecule has 0 aliphatic rings. The highest BCUT2D eigenvalue weighted by Crippen LogP contribution is 2.16. The van der Waals surface area contributed by atoms with Crippen LogP contribution in [0.2, 0.25) is 0 Å². The van der Waals surface area contributed by atoms with Crippen molar-refractivity contribution in [3.05, 3.63) is 94.8 Å². The van der Waals surface area contributed by atoms with Gasteiger partial charge in [-0.1, -0.05) is 48.0 Å². The number of ether oxygens (including phenoxy) is 1. The SMILES string of the molecule is COCCCN(Cc1ccccc1C#N)Cc1cccn1Cc1ccc(C)cc1. The maximum atomic E-state index is 9.44. The van der Waals surface area contributed by atoms with Crippen LogP contribution >= 0.6 is 0 Å². The molecule has 0 aliphatic carbocycles. The van der Waals surface area contributed by atoms with Crippen LogP contribution in [0.5, 0.6) is 0 Å². The van der Waals surface area contributed by atoms with Gasteiger partial charge in [-0.2, -0.15) is 5.26 Å². The molecule has 4 nitrogen and oxygen atoms in total. The third-order valence-corrected chi connectivity index (χ3v) is 5.14. The summed E-state index contributed by atoms with van der Waals surface area (Å²) in [6.07, 6.45) is 3.11. The number of aryl methyl sites for hydroxylation is 1. The summed E-state index contributed by atoms with van der Waals surface area (Å²) in [5.41, 5.74) is 5.68. The smallest absolute Gasteiger partial charge is 0.0995 e. The highest BCUT2D eigenvalue weighted by Gasteiger charge is 2.12. The summed E-state index contributed by atoms with van der Waals surface area (Å²) in [5.74, 6) is 0. The zero-order valence-electron chi connectivity index (χ0n) is 17.3. The van der Waals surface area contributed by atoms with Crippen molar-refractivity contribution in [2.75, 3.05) is 20.3 Å². The van der Waals surface area contributed by atoms with Gasteiger partial charge in [0.25, 0.3) is 0 Å². The van der Waals surface area contributed by atoms with Gasteiger partial charge in [-0.3, -0.25) is 4.90 Å². The van der Waals surface area contributed by atoms with Gasteiger partial charge in [-0.15, -0.1) is 0 Å². The Balaban J connectivity index is 1.74. The number of hydrogen-bond donors (Lipinski definition) is 0. The molecule has 0 fully saturated rings. The van der Waals surface area contributed by atoms with E-state index in [0.29, 0.717) is 0 Å². The lowest BCUT2D eigenvalue weighted by Gasteiger charge is -2.24. The first kappa shape index (κ1) is 20.9. The van der Waals surface area contributed by atoms with Crippen molar-refractivity contribution in [2.45, 2.75) is 33.0 Å². The second kappa shape index (κ2) is 10.6. The Hall–Kier alpha value is -2.87. The van der Waals surface area contributed by atoms with Gasteiger partial charge in [-0.05, 0) is 42.7 Å². The molecular formula is C25H29N3O. The lowest BCUT2D eigenvalue weighted by molar-refractivity contribution is 0.165. The average molecular weight is 388 g/mol. The molecule has 0 amide bonds. The van der Waals surface area contributed by atoms with Crippen molar-refractivity contribution >= 4 is 0 Å². The van der Waals surface area contributed by atoms with Crippen LogP contribution in [0.15, 0.2) is 66.9 Å². The third kappa shape index (κ3) is 6.05. The fourth-order valence-electron chi connectivity index (χ4n) is 3.52. The first-order valence-corrected chi connectivity index (χ1v) is 10.1. The molecule has 0 N–H and O–H groups in total. The van der Waals surface area contributed by atoms with Gasteiger partial charge in [0.1, 0.15) is 0 Å². The van der Waals surface area contributed by atoms with Gasteiger partial charge < -0.3 is 9.30 Å². The van der Waals surface area contributed by atoms with Crippen molar-refractivity contribution in [2.24, 2.45) is 0 Å². The number of rotatable bonds is 10. The molecule has 3 aromatic rings. The van der Waals surface area contributed by atoms with Crippen molar-refractivity contribution in [1.82, 2.24) is 9.47 Å². The first-order chi connectivity index (χ1) is 14.2. The maximum absolute atomic E-state index is 9.44. The van der Waals surface area contributed by atoms with Gasteiger partial charge in [0, 0.05) is 51.8 Å². The molecule has 4 heteroatoms. The van der Waals surface area contributed by atoms with E-state index in [9.17, 15) is 5.26 Å². The lowest BCUT2D eigenvalue weighted by Crippen LogP contribution is -2.26. The van der Waals surface area contributed by atoms with Crippen LogP contribution < -0.4 is 0 Å². The molecule has 29 heavy (non-hydrogen) atoms. The van der Waals surface area contributed by atoms with Crippen LogP contribution in [-0.4, -0.2) is 29.7 Å². The molecule has 0 bridgehead atoms. The standard InChI is InChI=1S/C25H29N3O/c1-21-10-12-22(13-11-21)18-28-15-5-9-25(28)20-27(14-6-16-29-2)19-24-8-4-3-7-23(24)17-26/h3-5,7-13,15H,6,14,16,18-20H2,1-2H3. The van der Waals surface area contributed by atoms with Crippen LogP contribution in [0, 0.1) is 18.3 Å². The van der Waals surface area contributed by atoms with Gasteiger partial charge >= 0.3 is 0 Å². The maximum Gasteiger partial charge on any atom is 0.0995 e. The molecule has 0 radical (unpaired) electrons. The van der Waals surface area contributed by atoms with E-state index in [1.807, 2.05) is 24.3 Å². The Kier molecular flexibility index (Phi) is 7.63. The summed E-state index contributed by atoms with van der Waals surface area (Å²) in [6.45, 7) is 6.22. The molecule has 0 unspecified atom stereocenters. The zero-order valence-corrected chi connectivity index (χ0v) is 17.3. The number of nitrogens with zero attached hydrogens (tertiary/aromatic N) is 3. The molecule has 0 atom stereocenters. The second-order valence-corrected chi connectivity index (χ2v) is 7.44. The number of methoxy groups -OCH3 is 1. The zero-order chi connectivity index (χ0) is 20.5. The minimum Gasteiger partial charge on any atom is -0.385 e. The summed E-state index contributed by atoms with van der Waals surface area (Å²) in [5, 5.41) is 9.44. The van der Waals surface area contributed by atoms with E-state index < -0.39 is 0 Å². The molecule has 0 spiro atoms. The van der Waals surface area contributed by atoms with Gasteiger partial charge in [0.05, 0.1) is 11.6 Å². The van der Waals surface area contributed by atoms with E-state index in [1.165, 1.54) is 16.8 Å². The Morgan fingerprint density at radius 1 is 1.00 bits per heavy atom. The fraction of sp³-hybridized carbons (Fsp3) is 0.320. The minimum atomic E-state index is 0.737. The largest absolute Gasteiger partial charge is 0.385 e. The summed E-state index contributed by atoms with van der Waals surface area (Å²) in [6, 6.07) is 23.2. The number of aromatic nitrogens is 1. The molecule has 1 aromatic heterocycles. The summed E-state index contributed by atoms with van der Waals surface area (Å²) in [4.78, 5) is 2.40. The van der Waals surface area contributed by atoms with E-state index in [1.54, 1.807) is 7.11 Å². The Bertz CT molecular complexity index is 937. The van der Waals surface area contributed by atoms with Crippen molar-refractivity contribution < 1.29 is 4.74 Å². The van der Waals surface area contributed by atoms with E-state index in [4.69, 9.17) is 4.74 Å². The molecule has 0 saturated heterocycles. The van der Waals surface area contributed by atoms with Crippen LogP contribution in [0.1, 0.15) is 34.4 Å². The van der Waals surface area contributed by atoms with E-state index in [-0.39, 0.29) is 0 Å². The highest BCUT2D eigenvalue weighted by atomic mass is 16.5. The molecule has 3 rings (SSSR count). The van der Waals surface area contributed by atoms with Crippen molar-refractivity contribution in [3.8, 4) is 6.07 Å². The van der Waals surface area contributed by atoms with E-state index in [0.717, 1.165) is 50.3 Å². The Morgan fingerprint density at radius 3 is 2.55 bits per heavy atom. The first-order valence-electron chi connectivity index (χ1n) is 10.1. The van der Waals surface area contributed by atoms with Crippen molar-refractivity contribution in [1.29, 1.82) is 5.26 Å². The lowest BCUT2D eigenvalue weighted by atomic mass is 10.1. The van der Waals surface area contributed by atoms with Gasteiger partial charge in [-0.25, -0.2) is 0 Å². The quantitative estimate of drug-likeness (QED) is 0.471. The molecular weight excluding hydrogens is 358 g/mol. The number of benzene rings is 2. The third-order valence-electron chi connectivity index (χ3n) is 5.14. The molecule has 1 heterocycles. The number of nitriles is 1. The molecule has 2 aromatic carbocycles. The monoisotopic (exact) mass is 387 g/mol. The van der Waals surface area contributed by atoms with Crippen molar-refractivity contribution in [3.63, 3.8) is 0 Å². The normalized spacial score (nSPS) is 11.0. The van der Waals surface area contributed by atoms with E-state index in [2.05, 4.69) is 65.1 Å². The molecule has 150 valence electrons. The van der Waals surface area contributed by atoms with Crippen LogP contribution in [0.3, 0.4) is 0 Å². The van der Waals surface area contributed by atoms with Crippen LogP contribution in [-0.2, 0) is 24.4 Å². The van der Waals surface area contributed by atoms with Crippen LogP contribution in [0.4, 0.5) is 0 Å². The summed E-state index contributed by atoms with van der Waals surface area (Å²) >= 11 is 0. The van der Waals surface area contributed by atoms with Crippen LogP contribution in [0.25, 0.3) is 0 Å². The van der Waals surface area contributed by atoms with Gasteiger partial charge in [0.2, 0.25) is 0 Å². The fourth-order valence-corrected chi connectivity index (χ4v) is 3.52. The average Bonchev–Trinajstić information content (AvgIpc) is 3.16.